The van der Waals surface area contributed by atoms with Gasteiger partial charge in [0.05, 0.1) is 5.56 Å². The van der Waals surface area contributed by atoms with Gasteiger partial charge in [-0.25, -0.2) is 0 Å². The van der Waals surface area contributed by atoms with Crippen LogP contribution in [-0.2, 0) is 6.18 Å². The molecule has 5 N–H and O–H groups in total. The molecule has 0 aliphatic carbocycles. The Kier molecular flexibility index (Phi) is 7.81. The summed E-state index contributed by atoms with van der Waals surface area (Å²) in [4.78, 5) is 30.6. The number of hydrogen-bond acceptors (Lipinski definition) is 4. The van der Waals surface area contributed by atoms with Crippen LogP contribution in [0.25, 0.3) is 0 Å². The van der Waals surface area contributed by atoms with E-state index in [1.807, 2.05) is 0 Å². The maximum absolute atomic E-state index is 13.8. The summed E-state index contributed by atoms with van der Waals surface area (Å²) < 4.78 is 41.4. The smallest absolute Gasteiger partial charge is 0.374 e. The van der Waals surface area contributed by atoms with Gasteiger partial charge in [0, 0.05) is 38.3 Å². The summed E-state index contributed by atoms with van der Waals surface area (Å²) in [6.45, 7) is 0.742. The summed E-state index contributed by atoms with van der Waals surface area (Å²) in [5, 5.41) is 10.8. The summed E-state index contributed by atoms with van der Waals surface area (Å²) >= 11 is 0. The molecule has 2 amide bonds. The molecule has 8 nitrogen and oxygen atoms in total. The number of benzene rings is 2. The summed E-state index contributed by atoms with van der Waals surface area (Å²) in [7, 11) is 3.30. The molecule has 1 atom stereocenters. The standard InChI is InChI=1S/C24H28F3N5O3/c1-31(2)21(34)15-3-5-16(6-4-15)22(35)32-11-9-14(10-12-32)18-8-7-17(20(33)30-23(28)29)13-19(18)24(25,26)27/h3-8,13-14,22,35H,9-12H2,1-2H3,(H4,28,29,30,33). The van der Waals surface area contributed by atoms with Gasteiger partial charge in [-0.1, -0.05) is 18.2 Å². The fraction of sp³-hybridized carbons (Fsp3) is 0.375. The molecule has 0 saturated carbocycles. The highest BCUT2D eigenvalue weighted by Crippen LogP contribution is 2.40. The number of likely N-dealkylation sites (tertiary alicyclic amines) is 1. The summed E-state index contributed by atoms with van der Waals surface area (Å²) in [5.74, 6) is -2.03. The topological polar surface area (TPSA) is 125 Å². The van der Waals surface area contributed by atoms with Crippen LogP contribution in [0.3, 0.4) is 0 Å². The fourth-order valence-corrected chi connectivity index (χ4v) is 4.19. The highest BCUT2D eigenvalue weighted by atomic mass is 19.4. The van der Waals surface area contributed by atoms with Gasteiger partial charge >= 0.3 is 6.18 Å². The van der Waals surface area contributed by atoms with Gasteiger partial charge in [0.2, 0.25) is 0 Å². The van der Waals surface area contributed by atoms with E-state index in [-0.39, 0.29) is 17.0 Å². The van der Waals surface area contributed by atoms with Crippen LogP contribution < -0.4 is 11.5 Å². The average Bonchev–Trinajstić information content (AvgIpc) is 2.82. The number of guanidine groups is 1. The Balaban J connectivity index is 1.73. The average molecular weight is 492 g/mol. The van der Waals surface area contributed by atoms with Crippen molar-refractivity contribution in [1.82, 2.24) is 9.80 Å². The van der Waals surface area contributed by atoms with Crippen molar-refractivity contribution in [3.05, 3.63) is 70.3 Å². The first kappa shape index (κ1) is 26.2. The van der Waals surface area contributed by atoms with E-state index < -0.39 is 35.8 Å². The van der Waals surface area contributed by atoms with Crippen LogP contribution in [0.15, 0.2) is 47.5 Å². The highest BCUT2D eigenvalue weighted by Gasteiger charge is 2.37. The van der Waals surface area contributed by atoms with Gasteiger partial charge in [-0.05, 0) is 54.2 Å². The fourth-order valence-electron chi connectivity index (χ4n) is 4.19. The predicted octanol–water partition coefficient (Wildman–Crippen LogP) is 2.69. The van der Waals surface area contributed by atoms with E-state index in [9.17, 15) is 27.9 Å². The highest BCUT2D eigenvalue weighted by molar-refractivity contribution is 6.02. The van der Waals surface area contributed by atoms with Crippen LogP contribution >= 0.6 is 0 Å². The Morgan fingerprint density at radius 2 is 1.63 bits per heavy atom. The molecule has 1 heterocycles. The van der Waals surface area contributed by atoms with Crippen molar-refractivity contribution in [2.75, 3.05) is 27.2 Å². The second-order valence-electron chi connectivity index (χ2n) is 8.65. The third-order valence-electron chi connectivity index (χ3n) is 6.01. The first-order valence-corrected chi connectivity index (χ1v) is 11.0. The van der Waals surface area contributed by atoms with Gasteiger partial charge in [-0.2, -0.15) is 18.2 Å². The number of piperidine rings is 1. The molecule has 3 rings (SSSR count). The lowest BCUT2D eigenvalue weighted by molar-refractivity contribution is -0.138. The number of aliphatic hydroxyl groups is 1. The van der Waals surface area contributed by atoms with Crippen LogP contribution in [0.1, 0.15) is 62.4 Å². The number of carbonyl (C=O) groups excluding carboxylic acids is 2. The molecule has 1 saturated heterocycles. The number of nitrogens with zero attached hydrogens (tertiary/aromatic N) is 3. The predicted molar refractivity (Wildman–Crippen MR) is 125 cm³/mol. The summed E-state index contributed by atoms with van der Waals surface area (Å²) in [5.41, 5.74) is 10.3. The van der Waals surface area contributed by atoms with Crippen molar-refractivity contribution in [1.29, 1.82) is 0 Å². The quantitative estimate of drug-likeness (QED) is 0.436. The lowest BCUT2D eigenvalue weighted by Crippen LogP contribution is -2.36. The van der Waals surface area contributed by atoms with Crippen molar-refractivity contribution in [3.8, 4) is 0 Å². The molecular formula is C24H28F3N5O3. The molecule has 1 aliphatic rings. The number of rotatable bonds is 5. The minimum absolute atomic E-state index is 0.0967. The Morgan fingerprint density at radius 1 is 1.06 bits per heavy atom. The van der Waals surface area contributed by atoms with E-state index in [1.165, 1.54) is 17.0 Å². The summed E-state index contributed by atoms with van der Waals surface area (Å²) in [6, 6.07) is 9.97. The van der Waals surface area contributed by atoms with Crippen molar-refractivity contribution < 1.29 is 27.9 Å². The third kappa shape index (κ3) is 6.17. The second-order valence-corrected chi connectivity index (χ2v) is 8.65. The molecule has 0 spiro atoms. The van der Waals surface area contributed by atoms with E-state index in [0.717, 1.165) is 6.07 Å². The third-order valence-corrected chi connectivity index (χ3v) is 6.01. The molecule has 1 unspecified atom stereocenters. The van der Waals surface area contributed by atoms with Crippen molar-refractivity contribution >= 4 is 17.8 Å². The van der Waals surface area contributed by atoms with Crippen molar-refractivity contribution in [3.63, 3.8) is 0 Å². The monoisotopic (exact) mass is 491 g/mol. The molecule has 1 aliphatic heterocycles. The Hall–Kier alpha value is -3.44. The van der Waals surface area contributed by atoms with Crippen LogP contribution in [0, 0.1) is 0 Å². The van der Waals surface area contributed by atoms with E-state index in [1.54, 1.807) is 43.3 Å². The molecule has 0 aromatic heterocycles. The first-order chi connectivity index (χ1) is 16.4. The lowest BCUT2D eigenvalue weighted by atomic mass is 9.85. The number of carbonyl (C=O) groups is 2. The van der Waals surface area contributed by atoms with E-state index in [4.69, 9.17) is 11.5 Å². The Morgan fingerprint density at radius 3 is 2.14 bits per heavy atom. The Bertz CT molecular complexity index is 1100. The minimum Gasteiger partial charge on any atom is -0.374 e. The number of nitrogens with two attached hydrogens (primary N) is 2. The normalized spacial score (nSPS) is 15.9. The number of hydrogen-bond donors (Lipinski definition) is 3. The molecular weight excluding hydrogens is 463 g/mol. The molecule has 0 bridgehead atoms. The van der Waals surface area contributed by atoms with Gasteiger partial charge in [-0.15, -0.1) is 0 Å². The maximum Gasteiger partial charge on any atom is 0.416 e. The first-order valence-electron chi connectivity index (χ1n) is 11.0. The number of aliphatic imine (C=N–C) groups is 1. The number of alkyl halides is 3. The molecule has 0 radical (unpaired) electrons. The minimum atomic E-state index is -4.66. The zero-order valence-electron chi connectivity index (χ0n) is 19.4. The van der Waals surface area contributed by atoms with Crippen LogP contribution in [0.2, 0.25) is 0 Å². The van der Waals surface area contributed by atoms with Gasteiger partial charge in [0.25, 0.3) is 11.8 Å². The second kappa shape index (κ2) is 10.4. The van der Waals surface area contributed by atoms with Crippen LogP contribution in [0.5, 0.6) is 0 Å². The Labute approximate surface area is 201 Å². The zero-order chi connectivity index (χ0) is 25.9. The zero-order valence-corrected chi connectivity index (χ0v) is 19.4. The van der Waals surface area contributed by atoms with E-state index in [2.05, 4.69) is 4.99 Å². The van der Waals surface area contributed by atoms with Crippen LogP contribution in [0.4, 0.5) is 13.2 Å². The molecule has 2 aromatic rings. The van der Waals surface area contributed by atoms with Gasteiger partial charge < -0.3 is 21.5 Å². The SMILES string of the molecule is CN(C)C(=O)c1ccc(C(O)N2CCC(c3ccc(C(=O)N=C(N)N)cc3C(F)(F)F)CC2)cc1. The number of aliphatic hydroxyl groups excluding tert-OH is 1. The molecule has 35 heavy (non-hydrogen) atoms. The molecule has 1 fully saturated rings. The van der Waals surface area contributed by atoms with Crippen molar-refractivity contribution in [2.45, 2.75) is 31.2 Å². The number of halogens is 3. The van der Waals surface area contributed by atoms with Gasteiger partial charge in [-0.3, -0.25) is 14.5 Å². The van der Waals surface area contributed by atoms with Gasteiger partial charge in [0.15, 0.2) is 5.96 Å². The lowest BCUT2D eigenvalue weighted by Gasteiger charge is -2.36. The van der Waals surface area contributed by atoms with Crippen LogP contribution in [-0.4, -0.2) is 59.9 Å². The van der Waals surface area contributed by atoms with E-state index >= 15 is 0 Å². The molecule has 2 aromatic carbocycles. The largest absolute Gasteiger partial charge is 0.416 e. The van der Waals surface area contributed by atoms with Gasteiger partial charge in [0.1, 0.15) is 6.23 Å². The van der Waals surface area contributed by atoms with E-state index in [0.29, 0.717) is 37.1 Å². The summed E-state index contributed by atoms with van der Waals surface area (Å²) in [6.07, 6.45) is -4.83. The molecule has 11 heteroatoms. The maximum atomic E-state index is 13.8. The molecule has 188 valence electrons. The number of amides is 2. The van der Waals surface area contributed by atoms with Crippen molar-refractivity contribution in [2.24, 2.45) is 16.5 Å².